The Bertz CT molecular complexity index is 463. The van der Waals surface area contributed by atoms with Crippen molar-refractivity contribution < 1.29 is 9.53 Å². The van der Waals surface area contributed by atoms with Gasteiger partial charge in [-0.3, -0.25) is 9.79 Å². The second-order valence-corrected chi connectivity index (χ2v) is 5.78. The third kappa shape index (κ3) is 1.84. The van der Waals surface area contributed by atoms with Gasteiger partial charge in [0.05, 0.1) is 5.69 Å². The van der Waals surface area contributed by atoms with Crippen molar-refractivity contribution in [2.45, 2.75) is 16.4 Å². The molecule has 2 unspecified atom stereocenters. The van der Waals surface area contributed by atoms with Crippen LogP contribution in [0.5, 0.6) is 0 Å². The molecule has 16 heavy (non-hydrogen) atoms. The van der Waals surface area contributed by atoms with Crippen molar-refractivity contribution >= 4 is 52.6 Å². The van der Waals surface area contributed by atoms with Crippen LogP contribution in [-0.4, -0.2) is 18.8 Å². The van der Waals surface area contributed by atoms with Crippen LogP contribution >= 0.6 is 34.2 Å². The van der Waals surface area contributed by atoms with Gasteiger partial charge in [0.1, 0.15) is 9.53 Å². The summed E-state index contributed by atoms with van der Waals surface area (Å²) in [5.41, 5.74) is 1.86. The first-order valence-electron chi connectivity index (χ1n) is 4.71. The second kappa shape index (κ2) is 4.33. The molecule has 0 N–H and O–H groups in total. The molecule has 0 amide bonds. The van der Waals surface area contributed by atoms with E-state index in [4.69, 9.17) is 16.3 Å². The predicted octanol–water partition coefficient (Wildman–Crippen LogP) is 3.25. The lowest BCUT2D eigenvalue weighted by Gasteiger charge is -2.26. The van der Waals surface area contributed by atoms with Crippen molar-refractivity contribution in [1.82, 2.24) is 0 Å². The average Bonchev–Trinajstić information content (AvgIpc) is 2.58. The van der Waals surface area contributed by atoms with Gasteiger partial charge in [0.15, 0.2) is 0 Å². The van der Waals surface area contributed by atoms with E-state index in [0.717, 1.165) is 11.3 Å². The highest BCUT2D eigenvalue weighted by atomic mass is 127. The van der Waals surface area contributed by atoms with E-state index in [1.54, 1.807) is 12.3 Å². The van der Waals surface area contributed by atoms with E-state index in [1.807, 2.05) is 19.1 Å². The van der Waals surface area contributed by atoms with Gasteiger partial charge in [-0.15, -0.1) is 0 Å². The quantitative estimate of drug-likeness (QED) is 0.477. The van der Waals surface area contributed by atoms with Gasteiger partial charge in [0, 0.05) is 16.8 Å². The molecule has 0 radical (unpaired) electrons. The number of benzene rings is 1. The number of alkyl halides is 1. The zero-order valence-corrected chi connectivity index (χ0v) is 11.4. The number of halogens is 2. The topological polar surface area (TPSA) is 38.7 Å². The molecule has 1 aromatic rings. The molecule has 2 rings (SSSR count). The lowest BCUT2D eigenvalue weighted by atomic mass is 9.96. The fraction of sp³-hybridized carbons (Fsp3) is 0.273. The van der Waals surface area contributed by atoms with Crippen molar-refractivity contribution in [2.75, 3.05) is 0 Å². The molecule has 0 spiro atoms. The summed E-state index contributed by atoms with van der Waals surface area (Å²) in [6.07, 6.45) is 1.53. The van der Waals surface area contributed by atoms with Crippen LogP contribution in [0.3, 0.4) is 0 Å². The van der Waals surface area contributed by atoms with Crippen LogP contribution in [0.25, 0.3) is 0 Å². The monoisotopic (exact) mass is 349 g/mol. The van der Waals surface area contributed by atoms with Gasteiger partial charge in [0.25, 0.3) is 6.47 Å². The lowest BCUT2D eigenvalue weighted by molar-refractivity contribution is -0.133. The third-order valence-electron chi connectivity index (χ3n) is 2.62. The van der Waals surface area contributed by atoms with Crippen LogP contribution < -0.4 is 0 Å². The minimum Gasteiger partial charge on any atom is -0.463 e. The first-order chi connectivity index (χ1) is 7.58. The molecule has 0 aromatic heterocycles. The van der Waals surface area contributed by atoms with Gasteiger partial charge in [-0.05, 0) is 19.1 Å². The summed E-state index contributed by atoms with van der Waals surface area (Å²) < 4.78 is 4.60. The number of ether oxygens (including phenoxy) is 1. The fourth-order valence-electron chi connectivity index (χ4n) is 1.67. The Hall–Kier alpha value is -0.620. The SMILES string of the molecule is CC(OC=O)C1(I)C=Nc2cc(Cl)ccc21. The molecule has 1 aliphatic heterocycles. The summed E-state index contributed by atoms with van der Waals surface area (Å²) in [7, 11) is 0. The van der Waals surface area contributed by atoms with Crippen molar-refractivity contribution in [3.63, 3.8) is 0 Å². The first-order valence-corrected chi connectivity index (χ1v) is 6.17. The maximum Gasteiger partial charge on any atom is 0.293 e. The molecular weight excluding hydrogens is 340 g/mol. The van der Waals surface area contributed by atoms with Crippen LogP contribution in [0.15, 0.2) is 23.2 Å². The minimum atomic E-state index is -0.404. The molecule has 0 fully saturated rings. The van der Waals surface area contributed by atoms with E-state index >= 15 is 0 Å². The average molecular weight is 350 g/mol. The van der Waals surface area contributed by atoms with E-state index in [2.05, 4.69) is 27.6 Å². The second-order valence-electron chi connectivity index (χ2n) is 3.56. The van der Waals surface area contributed by atoms with Crippen LogP contribution in [0.4, 0.5) is 5.69 Å². The summed E-state index contributed by atoms with van der Waals surface area (Å²) in [5.74, 6) is 0. The van der Waals surface area contributed by atoms with Gasteiger partial charge in [-0.25, -0.2) is 0 Å². The van der Waals surface area contributed by atoms with Crippen molar-refractivity contribution in [2.24, 2.45) is 4.99 Å². The van der Waals surface area contributed by atoms with E-state index in [-0.39, 0.29) is 6.10 Å². The Morgan fingerprint density at radius 2 is 2.38 bits per heavy atom. The Balaban J connectivity index is 2.42. The van der Waals surface area contributed by atoms with Crippen LogP contribution in [0.1, 0.15) is 12.5 Å². The minimum absolute atomic E-state index is 0.267. The maximum atomic E-state index is 10.4. The number of rotatable bonds is 3. The van der Waals surface area contributed by atoms with Gasteiger partial charge >= 0.3 is 0 Å². The molecule has 0 bridgehead atoms. The van der Waals surface area contributed by atoms with Crippen molar-refractivity contribution in [3.05, 3.63) is 28.8 Å². The number of fused-ring (bicyclic) bond motifs is 1. The third-order valence-corrected chi connectivity index (χ3v) is 4.59. The Labute approximate surface area is 112 Å². The Kier molecular flexibility index (Phi) is 3.21. The lowest BCUT2D eigenvalue weighted by Crippen LogP contribution is -2.33. The summed E-state index contributed by atoms with van der Waals surface area (Å²) in [6, 6.07) is 5.54. The number of hydrogen-bond acceptors (Lipinski definition) is 3. The zero-order chi connectivity index (χ0) is 11.8. The van der Waals surface area contributed by atoms with Crippen LogP contribution in [0.2, 0.25) is 5.02 Å². The van der Waals surface area contributed by atoms with E-state index in [9.17, 15) is 4.79 Å². The molecular formula is C11H9ClINO2. The standard InChI is InChI=1S/C11H9ClINO2/c1-7(16-6-15)11(13)5-14-10-4-8(12)2-3-9(10)11/h2-7H,1H3. The molecule has 84 valence electrons. The molecule has 1 aliphatic rings. The molecule has 0 saturated carbocycles. The molecule has 0 saturated heterocycles. The Morgan fingerprint density at radius 1 is 1.62 bits per heavy atom. The number of hydrogen-bond donors (Lipinski definition) is 0. The normalized spacial score (nSPS) is 23.9. The Morgan fingerprint density at radius 3 is 3.06 bits per heavy atom. The fourth-order valence-corrected chi connectivity index (χ4v) is 2.58. The number of nitrogens with zero attached hydrogens (tertiary/aromatic N) is 1. The van der Waals surface area contributed by atoms with Gasteiger partial charge in [-0.2, -0.15) is 0 Å². The highest BCUT2D eigenvalue weighted by Gasteiger charge is 2.40. The number of carbonyl (C=O) groups excluding carboxylic acids is 1. The summed E-state index contributed by atoms with van der Waals surface area (Å²) in [5, 5.41) is 0.653. The first kappa shape index (κ1) is 11.9. The zero-order valence-electron chi connectivity index (χ0n) is 8.48. The van der Waals surface area contributed by atoms with Crippen molar-refractivity contribution in [1.29, 1.82) is 0 Å². The van der Waals surface area contributed by atoms with Crippen molar-refractivity contribution in [3.8, 4) is 0 Å². The molecule has 1 aromatic carbocycles. The van der Waals surface area contributed by atoms with E-state index in [1.165, 1.54) is 0 Å². The van der Waals surface area contributed by atoms with Gasteiger partial charge in [0.2, 0.25) is 0 Å². The highest BCUT2D eigenvalue weighted by Crippen LogP contribution is 2.45. The predicted molar refractivity (Wildman–Crippen MR) is 71.9 cm³/mol. The number of aliphatic imine (C=N–C) groups is 1. The molecule has 3 nitrogen and oxygen atoms in total. The van der Waals surface area contributed by atoms with E-state index < -0.39 is 3.42 Å². The summed E-state index contributed by atoms with van der Waals surface area (Å²) in [4.78, 5) is 14.7. The summed E-state index contributed by atoms with van der Waals surface area (Å²) in [6.45, 7) is 2.31. The number of carbonyl (C=O) groups is 1. The van der Waals surface area contributed by atoms with Gasteiger partial charge in [-0.1, -0.05) is 40.3 Å². The maximum absolute atomic E-state index is 10.4. The van der Waals surface area contributed by atoms with Crippen LogP contribution in [-0.2, 0) is 13.0 Å². The van der Waals surface area contributed by atoms with E-state index in [0.29, 0.717) is 11.5 Å². The highest BCUT2D eigenvalue weighted by molar-refractivity contribution is 14.1. The smallest absolute Gasteiger partial charge is 0.293 e. The van der Waals surface area contributed by atoms with Crippen LogP contribution in [0, 0.1) is 0 Å². The molecule has 0 aliphatic carbocycles. The molecule has 5 heteroatoms. The molecule has 2 atom stereocenters. The largest absolute Gasteiger partial charge is 0.463 e. The summed E-state index contributed by atoms with van der Waals surface area (Å²) >= 11 is 8.13. The van der Waals surface area contributed by atoms with Gasteiger partial charge < -0.3 is 4.74 Å². The molecule has 1 heterocycles.